The number of hydrogen-bond donors (Lipinski definition) is 1. The zero-order valence-electron chi connectivity index (χ0n) is 15.6. The molecule has 4 aromatic rings. The molecule has 0 amide bonds. The maximum Gasteiger partial charge on any atom is 0.261 e. The maximum atomic E-state index is 12.8. The summed E-state index contributed by atoms with van der Waals surface area (Å²) in [7, 11) is -1.65. The van der Waals surface area contributed by atoms with Crippen LogP contribution in [0.2, 0.25) is 0 Å². The van der Waals surface area contributed by atoms with Crippen LogP contribution in [0.1, 0.15) is 16.7 Å². The summed E-state index contributed by atoms with van der Waals surface area (Å²) < 4.78 is 30.2. The Morgan fingerprint density at radius 1 is 1.07 bits per heavy atom. The Morgan fingerprint density at radius 3 is 2.54 bits per heavy atom. The van der Waals surface area contributed by atoms with Crippen molar-refractivity contribution in [3.63, 3.8) is 0 Å². The van der Waals surface area contributed by atoms with Crippen LogP contribution in [0.4, 0.5) is 0 Å². The van der Waals surface area contributed by atoms with Crippen molar-refractivity contribution < 1.29 is 8.42 Å². The molecular formula is C22H20N2O2S2. The molecule has 28 heavy (non-hydrogen) atoms. The summed E-state index contributed by atoms with van der Waals surface area (Å²) in [5.74, 6) is 0. The Balaban J connectivity index is 1.80. The molecule has 0 bridgehead atoms. The molecule has 0 aliphatic heterocycles. The van der Waals surface area contributed by atoms with E-state index in [1.165, 1.54) is 0 Å². The van der Waals surface area contributed by atoms with E-state index in [2.05, 4.69) is 21.4 Å². The maximum absolute atomic E-state index is 12.8. The molecule has 1 N–H and O–H groups in total. The van der Waals surface area contributed by atoms with E-state index in [9.17, 15) is 8.42 Å². The van der Waals surface area contributed by atoms with Crippen LogP contribution >= 0.6 is 11.3 Å². The first-order valence-electron chi connectivity index (χ1n) is 8.82. The van der Waals surface area contributed by atoms with E-state index in [0.717, 1.165) is 33.2 Å². The summed E-state index contributed by atoms with van der Waals surface area (Å²) in [5.41, 5.74) is 4.93. The quantitative estimate of drug-likeness (QED) is 0.510. The number of aromatic nitrogens is 1. The fourth-order valence-electron chi connectivity index (χ4n) is 3.21. The Bertz CT molecular complexity index is 1250. The second-order valence-electron chi connectivity index (χ2n) is 6.68. The molecule has 0 unspecified atom stereocenters. The van der Waals surface area contributed by atoms with Crippen molar-refractivity contribution in [2.75, 3.05) is 0 Å². The average Bonchev–Trinajstić information content (AvgIpc) is 3.32. The van der Waals surface area contributed by atoms with E-state index in [0.29, 0.717) is 0 Å². The van der Waals surface area contributed by atoms with Gasteiger partial charge in [0, 0.05) is 41.5 Å². The van der Waals surface area contributed by atoms with Gasteiger partial charge in [-0.1, -0.05) is 35.9 Å². The molecule has 0 atom stereocenters. The van der Waals surface area contributed by atoms with Gasteiger partial charge in [-0.05, 0) is 47.5 Å². The molecular weight excluding hydrogens is 388 g/mol. The first kappa shape index (κ1) is 18.5. The number of sulfonamides is 1. The molecule has 0 aliphatic rings. The summed E-state index contributed by atoms with van der Waals surface area (Å²) in [5, 5.41) is 5.09. The van der Waals surface area contributed by atoms with Gasteiger partial charge < -0.3 is 4.57 Å². The predicted octanol–water partition coefficient (Wildman–Crippen LogP) is 4.92. The van der Waals surface area contributed by atoms with Crippen LogP contribution in [0.5, 0.6) is 0 Å². The van der Waals surface area contributed by atoms with Crippen molar-refractivity contribution in [3.05, 3.63) is 94.4 Å². The molecule has 0 spiro atoms. The van der Waals surface area contributed by atoms with Gasteiger partial charge in [-0.2, -0.15) is 11.3 Å². The zero-order chi connectivity index (χ0) is 19.7. The van der Waals surface area contributed by atoms with E-state index in [4.69, 9.17) is 0 Å². The summed E-state index contributed by atoms with van der Waals surface area (Å²) >= 11 is 1.58. The number of hydrogen-bond acceptors (Lipinski definition) is 3. The summed E-state index contributed by atoms with van der Waals surface area (Å²) in [4.78, 5) is 0.247. The molecule has 0 saturated heterocycles. The highest BCUT2D eigenvalue weighted by Crippen LogP contribution is 2.32. The van der Waals surface area contributed by atoms with Crippen molar-refractivity contribution in [1.29, 1.82) is 0 Å². The second-order valence-corrected chi connectivity index (χ2v) is 9.17. The minimum atomic E-state index is -3.65. The van der Waals surface area contributed by atoms with Gasteiger partial charge in [-0.15, -0.1) is 0 Å². The Labute approximate surface area is 168 Å². The van der Waals surface area contributed by atoms with E-state index >= 15 is 0 Å². The third-order valence-electron chi connectivity index (χ3n) is 4.71. The van der Waals surface area contributed by atoms with Crippen LogP contribution in [0, 0.1) is 6.92 Å². The van der Waals surface area contributed by atoms with E-state index < -0.39 is 10.0 Å². The number of benzene rings is 2. The molecule has 4 rings (SSSR count). The highest BCUT2D eigenvalue weighted by Gasteiger charge is 2.16. The first-order valence-corrected chi connectivity index (χ1v) is 11.2. The lowest BCUT2D eigenvalue weighted by Crippen LogP contribution is -2.18. The molecule has 4 nitrogen and oxygen atoms in total. The number of fused-ring (bicyclic) bond motifs is 1. The van der Waals surface area contributed by atoms with Crippen LogP contribution in [0.15, 0.2) is 82.6 Å². The first-order chi connectivity index (χ1) is 13.5. The fraction of sp³-hybridized carbons (Fsp3) is 0.0909. The third kappa shape index (κ3) is 3.48. The molecule has 2 heterocycles. The van der Waals surface area contributed by atoms with Crippen LogP contribution in [-0.4, -0.2) is 13.0 Å². The number of nitrogens with one attached hydrogen (secondary N) is 1. The molecule has 2 aromatic heterocycles. The number of aryl methyl sites for hydroxylation is 2. The molecule has 2 aromatic carbocycles. The van der Waals surface area contributed by atoms with Gasteiger partial charge in [0.05, 0.1) is 4.90 Å². The van der Waals surface area contributed by atoms with Crippen LogP contribution in [0.3, 0.4) is 0 Å². The number of para-hydroxylation sites is 1. The van der Waals surface area contributed by atoms with Gasteiger partial charge >= 0.3 is 0 Å². The molecule has 142 valence electrons. The van der Waals surface area contributed by atoms with Crippen LogP contribution < -0.4 is 4.72 Å². The lowest BCUT2D eigenvalue weighted by molar-refractivity contribution is 0.590. The van der Waals surface area contributed by atoms with Crippen molar-refractivity contribution in [2.24, 2.45) is 7.05 Å². The lowest BCUT2D eigenvalue weighted by atomic mass is 10.0. The van der Waals surface area contributed by atoms with E-state index in [1.54, 1.807) is 41.8 Å². The smallest absolute Gasteiger partial charge is 0.261 e. The van der Waals surface area contributed by atoms with Crippen molar-refractivity contribution in [2.45, 2.75) is 11.8 Å². The summed E-state index contributed by atoms with van der Waals surface area (Å²) in [6.45, 7) is 1.93. The van der Waals surface area contributed by atoms with Gasteiger partial charge in [-0.25, -0.2) is 8.42 Å². The Kier molecular flexibility index (Phi) is 4.83. The summed E-state index contributed by atoms with van der Waals surface area (Å²) in [6.07, 6.45) is 3.63. The SMILES string of the molecule is Cc1ccc(S(=O)(=O)N/C=C(\c2ccsc2)c2cn(C)c3ccccc23)cc1. The number of nitrogens with zero attached hydrogens (tertiary/aromatic N) is 1. The molecule has 0 radical (unpaired) electrons. The normalized spacial score (nSPS) is 12.4. The van der Waals surface area contributed by atoms with Crippen molar-refractivity contribution in [1.82, 2.24) is 9.29 Å². The highest BCUT2D eigenvalue weighted by molar-refractivity contribution is 7.89. The fourth-order valence-corrected chi connectivity index (χ4v) is 4.77. The Morgan fingerprint density at radius 2 is 1.82 bits per heavy atom. The standard InChI is InChI=1S/C22H20N2O2S2/c1-16-7-9-18(10-8-16)28(25,26)23-13-20(17-11-12-27-15-17)21-14-24(2)22-6-4-3-5-19(21)22/h3-15,23H,1-2H3/b20-13+. The minimum absolute atomic E-state index is 0.247. The monoisotopic (exact) mass is 408 g/mol. The van der Waals surface area contributed by atoms with Gasteiger partial charge in [-0.3, -0.25) is 4.72 Å². The topological polar surface area (TPSA) is 51.1 Å². The lowest BCUT2D eigenvalue weighted by Gasteiger charge is -2.09. The van der Waals surface area contributed by atoms with Gasteiger partial charge in [0.15, 0.2) is 0 Å². The average molecular weight is 409 g/mol. The number of thiophene rings is 1. The van der Waals surface area contributed by atoms with Crippen molar-refractivity contribution in [3.8, 4) is 0 Å². The third-order valence-corrected chi connectivity index (χ3v) is 6.71. The highest BCUT2D eigenvalue weighted by atomic mass is 32.2. The van der Waals surface area contributed by atoms with Gasteiger partial charge in [0.25, 0.3) is 10.0 Å². The molecule has 0 saturated carbocycles. The summed E-state index contributed by atoms with van der Waals surface area (Å²) in [6, 6.07) is 16.9. The Hall–Kier alpha value is -2.83. The number of rotatable bonds is 5. The molecule has 0 aliphatic carbocycles. The second kappa shape index (κ2) is 7.30. The largest absolute Gasteiger partial charge is 0.350 e. The van der Waals surface area contributed by atoms with Gasteiger partial charge in [0.2, 0.25) is 0 Å². The van der Waals surface area contributed by atoms with Crippen molar-refractivity contribution >= 4 is 37.8 Å². The minimum Gasteiger partial charge on any atom is -0.350 e. The zero-order valence-corrected chi connectivity index (χ0v) is 17.2. The molecule has 0 fully saturated rings. The predicted molar refractivity (Wildman–Crippen MR) is 116 cm³/mol. The van der Waals surface area contributed by atoms with Gasteiger partial charge in [0.1, 0.15) is 0 Å². The van der Waals surface area contributed by atoms with E-state index in [-0.39, 0.29) is 4.90 Å². The molecule has 6 heteroatoms. The van der Waals surface area contributed by atoms with E-state index in [1.807, 2.05) is 49.1 Å². The van der Waals surface area contributed by atoms with Crippen LogP contribution in [-0.2, 0) is 17.1 Å². The van der Waals surface area contributed by atoms with Crippen LogP contribution in [0.25, 0.3) is 16.5 Å².